The predicted octanol–water partition coefficient (Wildman–Crippen LogP) is 9.84. The molecule has 0 amide bonds. The Morgan fingerprint density at radius 3 is 1.44 bits per heavy atom. The Balaban J connectivity index is 1.38. The van der Waals surface area contributed by atoms with Gasteiger partial charge in [-0.05, 0) is 45.5 Å². The van der Waals surface area contributed by atoms with E-state index in [0.29, 0.717) is 0 Å². The molecule has 0 N–H and O–H groups in total. The van der Waals surface area contributed by atoms with Crippen LogP contribution in [0, 0.1) is 0 Å². The van der Waals surface area contributed by atoms with Crippen LogP contribution in [0.1, 0.15) is 22.3 Å². The number of aromatic nitrogens is 2. The van der Waals surface area contributed by atoms with Crippen LogP contribution in [0.15, 0.2) is 170 Å². The van der Waals surface area contributed by atoms with Gasteiger partial charge in [-0.25, -0.2) is 9.97 Å². The number of benzene rings is 6. The lowest BCUT2D eigenvalue weighted by atomic mass is 9.67. The zero-order valence-electron chi connectivity index (χ0n) is 23.6. The van der Waals surface area contributed by atoms with Crippen molar-refractivity contribution in [2.75, 3.05) is 0 Å². The first kappa shape index (κ1) is 25.1. The molecular formula is C41H28N2. The summed E-state index contributed by atoms with van der Waals surface area (Å²) in [5.41, 5.74) is 12.1. The molecule has 0 saturated carbocycles. The second-order valence-corrected chi connectivity index (χ2v) is 11.0. The van der Waals surface area contributed by atoms with Crippen LogP contribution in [-0.2, 0) is 5.41 Å². The average molecular weight is 549 g/mol. The van der Waals surface area contributed by atoms with Gasteiger partial charge in [0.05, 0.1) is 16.8 Å². The van der Waals surface area contributed by atoms with Gasteiger partial charge in [0.2, 0.25) is 0 Å². The van der Waals surface area contributed by atoms with Gasteiger partial charge >= 0.3 is 0 Å². The Labute approximate surface area is 252 Å². The van der Waals surface area contributed by atoms with Crippen molar-refractivity contribution < 1.29 is 0 Å². The molecule has 7 aromatic rings. The van der Waals surface area contributed by atoms with E-state index in [4.69, 9.17) is 9.97 Å². The smallest absolute Gasteiger partial charge is 0.160 e. The van der Waals surface area contributed by atoms with Gasteiger partial charge in [0, 0.05) is 16.7 Å². The molecule has 0 unspecified atom stereocenters. The van der Waals surface area contributed by atoms with Gasteiger partial charge in [-0.15, -0.1) is 0 Å². The molecule has 0 atom stereocenters. The molecular weight excluding hydrogens is 520 g/mol. The summed E-state index contributed by atoms with van der Waals surface area (Å²) in [4.78, 5) is 10.1. The first-order valence-corrected chi connectivity index (χ1v) is 14.7. The summed E-state index contributed by atoms with van der Waals surface area (Å²) in [6.07, 6.45) is 0. The van der Waals surface area contributed by atoms with Crippen LogP contribution in [0.5, 0.6) is 0 Å². The summed E-state index contributed by atoms with van der Waals surface area (Å²) in [7, 11) is 0. The summed E-state index contributed by atoms with van der Waals surface area (Å²) in [5.74, 6) is 0.719. The lowest BCUT2D eigenvalue weighted by Crippen LogP contribution is -2.28. The Bertz CT molecular complexity index is 1960. The molecule has 0 saturated heterocycles. The lowest BCUT2D eigenvalue weighted by Gasteiger charge is -2.34. The zero-order chi connectivity index (χ0) is 28.6. The van der Waals surface area contributed by atoms with Crippen LogP contribution in [0.25, 0.3) is 45.0 Å². The maximum Gasteiger partial charge on any atom is 0.160 e. The van der Waals surface area contributed by atoms with E-state index in [-0.39, 0.29) is 0 Å². The van der Waals surface area contributed by atoms with E-state index in [1.54, 1.807) is 0 Å². The third-order valence-corrected chi connectivity index (χ3v) is 8.58. The van der Waals surface area contributed by atoms with Crippen molar-refractivity contribution in [3.05, 3.63) is 192 Å². The number of nitrogens with zero attached hydrogens (tertiary/aromatic N) is 2. The van der Waals surface area contributed by atoms with Crippen LogP contribution >= 0.6 is 0 Å². The summed E-state index contributed by atoms with van der Waals surface area (Å²) in [6, 6.07) is 60.3. The number of hydrogen-bond donors (Lipinski definition) is 0. The molecule has 1 heterocycles. The maximum absolute atomic E-state index is 5.14. The highest BCUT2D eigenvalue weighted by atomic mass is 14.9. The van der Waals surface area contributed by atoms with E-state index in [1.165, 1.54) is 33.4 Å². The Kier molecular flexibility index (Phi) is 6.05. The Morgan fingerprint density at radius 2 is 0.814 bits per heavy atom. The third kappa shape index (κ3) is 4.11. The van der Waals surface area contributed by atoms with E-state index in [2.05, 4.69) is 146 Å². The predicted molar refractivity (Wildman–Crippen MR) is 176 cm³/mol. The van der Waals surface area contributed by atoms with Crippen molar-refractivity contribution in [2.24, 2.45) is 0 Å². The van der Waals surface area contributed by atoms with Crippen molar-refractivity contribution in [3.63, 3.8) is 0 Å². The molecule has 1 aliphatic rings. The molecule has 0 radical (unpaired) electrons. The van der Waals surface area contributed by atoms with Crippen molar-refractivity contribution in [1.29, 1.82) is 0 Å². The maximum atomic E-state index is 5.14. The molecule has 6 aromatic carbocycles. The van der Waals surface area contributed by atoms with Gasteiger partial charge in [0.15, 0.2) is 5.82 Å². The number of hydrogen-bond acceptors (Lipinski definition) is 2. The zero-order valence-corrected chi connectivity index (χ0v) is 23.6. The van der Waals surface area contributed by atoms with Crippen LogP contribution in [0.3, 0.4) is 0 Å². The highest BCUT2D eigenvalue weighted by Gasteiger charge is 2.45. The minimum absolute atomic E-state index is 0.456. The normalized spacial score (nSPS) is 12.8. The molecule has 1 aromatic heterocycles. The fraction of sp³-hybridized carbons (Fsp3) is 0.0244. The largest absolute Gasteiger partial charge is 0.228 e. The molecule has 0 aliphatic heterocycles. The summed E-state index contributed by atoms with van der Waals surface area (Å²) in [5, 5.41) is 0. The van der Waals surface area contributed by atoms with Crippen molar-refractivity contribution in [2.45, 2.75) is 5.41 Å². The van der Waals surface area contributed by atoms with Crippen molar-refractivity contribution in [1.82, 2.24) is 9.97 Å². The van der Waals surface area contributed by atoms with Crippen molar-refractivity contribution >= 4 is 0 Å². The Hall–Kier alpha value is -5.60. The quantitative estimate of drug-likeness (QED) is 0.214. The van der Waals surface area contributed by atoms with E-state index < -0.39 is 5.41 Å². The van der Waals surface area contributed by atoms with Gasteiger partial charge in [-0.2, -0.15) is 0 Å². The SMILES string of the molecule is c1ccc(-c2cc(-c3cccc(C4(c5ccccc5)c5ccccc5-c5ccccc54)c3)nc(-c3ccccc3)n2)cc1. The standard InChI is InChI=1S/C41H28N2/c1-4-15-29(16-5-1)38-28-39(43-40(42-38)30-17-6-2-7-18-30)31-19-14-22-33(27-31)41(32-20-8-3-9-21-32)36-25-12-10-23-34(36)35-24-11-13-26-37(35)41/h1-28H. The number of fused-ring (bicyclic) bond motifs is 3. The molecule has 1 aliphatic carbocycles. The molecule has 0 fully saturated rings. The van der Waals surface area contributed by atoms with E-state index in [1.807, 2.05) is 24.3 Å². The third-order valence-electron chi connectivity index (χ3n) is 8.58. The molecule has 2 nitrogen and oxygen atoms in total. The molecule has 2 heteroatoms. The summed E-state index contributed by atoms with van der Waals surface area (Å²) in [6.45, 7) is 0. The van der Waals surface area contributed by atoms with E-state index >= 15 is 0 Å². The summed E-state index contributed by atoms with van der Waals surface area (Å²) < 4.78 is 0. The van der Waals surface area contributed by atoms with E-state index in [9.17, 15) is 0 Å². The minimum Gasteiger partial charge on any atom is -0.228 e. The van der Waals surface area contributed by atoms with Crippen LogP contribution < -0.4 is 0 Å². The second-order valence-electron chi connectivity index (χ2n) is 11.0. The first-order valence-electron chi connectivity index (χ1n) is 14.7. The fourth-order valence-electron chi connectivity index (χ4n) is 6.69. The van der Waals surface area contributed by atoms with Gasteiger partial charge < -0.3 is 0 Å². The topological polar surface area (TPSA) is 25.8 Å². The lowest BCUT2D eigenvalue weighted by molar-refractivity contribution is 0.768. The van der Waals surface area contributed by atoms with Crippen LogP contribution in [0.2, 0.25) is 0 Å². The van der Waals surface area contributed by atoms with E-state index in [0.717, 1.165) is 33.9 Å². The molecule has 0 spiro atoms. The molecule has 202 valence electrons. The summed E-state index contributed by atoms with van der Waals surface area (Å²) >= 11 is 0. The van der Waals surface area contributed by atoms with Gasteiger partial charge in [0.1, 0.15) is 0 Å². The van der Waals surface area contributed by atoms with Crippen LogP contribution in [0.4, 0.5) is 0 Å². The molecule has 0 bridgehead atoms. The highest BCUT2D eigenvalue weighted by Crippen LogP contribution is 2.56. The van der Waals surface area contributed by atoms with Crippen LogP contribution in [-0.4, -0.2) is 9.97 Å². The fourth-order valence-corrected chi connectivity index (χ4v) is 6.69. The van der Waals surface area contributed by atoms with Gasteiger partial charge in [0.25, 0.3) is 0 Å². The monoisotopic (exact) mass is 548 g/mol. The van der Waals surface area contributed by atoms with Gasteiger partial charge in [-0.1, -0.05) is 158 Å². The minimum atomic E-state index is -0.456. The first-order chi connectivity index (χ1) is 21.3. The molecule has 8 rings (SSSR count). The highest BCUT2D eigenvalue weighted by molar-refractivity contribution is 5.86. The van der Waals surface area contributed by atoms with Crippen molar-refractivity contribution in [3.8, 4) is 45.0 Å². The van der Waals surface area contributed by atoms with Gasteiger partial charge in [-0.3, -0.25) is 0 Å². The molecule has 43 heavy (non-hydrogen) atoms. The second kappa shape index (κ2) is 10.3. The average Bonchev–Trinajstić information content (AvgIpc) is 3.40. The number of rotatable bonds is 5. The Morgan fingerprint density at radius 1 is 0.349 bits per heavy atom.